The van der Waals surface area contributed by atoms with E-state index in [2.05, 4.69) is 27.7 Å². The third-order valence-corrected chi connectivity index (χ3v) is 11.0. The molecule has 2 N–H and O–H groups in total. The summed E-state index contributed by atoms with van der Waals surface area (Å²) in [5.41, 5.74) is 0.571. The van der Waals surface area contributed by atoms with Gasteiger partial charge in [-0.15, -0.1) is 0 Å². The van der Waals surface area contributed by atoms with E-state index in [1.807, 2.05) is 0 Å². The Morgan fingerprint density at radius 2 is 1.75 bits per heavy atom. The van der Waals surface area contributed by atoms with Gasteiger partial charge in [-0.3, -0.25) is 4.79 Å². The van der Waals surface area contributed by atoms with Gasteiger partial charge in [0.05, 0.1) is 18.8 Å². The molecule has 4 fully saturated rings. The zero-order valence-corrected chi connectivity index (χ0v) is 21.0. The monoisotopic (exact) mass is 448 g/mol. The van der Waals surface area contributed by atoms with Crippen LogP contribution in [0.2, 0.25) is 0 Å². The van der Waals surface area contributed by atoms with E-state index in [1.54, 1.807) is 0 Å². The maximum atomic E-state index is 12.1. The summed E-state index contributed by atoms with van der Waals surface area (Å²) in [6, 6.07) is 0. The fraction of sp³-hybridized carbons (Fsp3) is 0.964. The van der Waals surface area contributed by atoms with Crippen LogP contribution in [0.4, 0.5) is 0 Å². The SMILES string of the molecule is CCCCOC(=O)CC[C@@H](C)[C@H]1CC[C@H]2[C@@H]3[C@@H](O)CC4C[C@@H](O)CC[C@]4(C)[C@H]3CC[C@]12C. The molecule has 4 nitrogen and oxygen atoms in total. The Hall–Kier alpha value is -0.610. The predicted octanol–water partition coefficient (Wildman–Crippen LogP) is 5.74. The van der Waals surface area contributed by atoms with Gasteiger partial charge >= 0.3 is 5.97 Å². The number of ether oxygens (including phenoxy) is 1. The van der Waals surface area contributed by atoms with Gasteiger partial charge in [-0.25, -0.2) is 0 Å². The highest BCUT2D eigenvalue weighted by Crippen LogP contribution is 2.68. The highest BCUT2D eigenvalue weighted by Gasteiger charge is 2.62. The van der Waals surface area contributed by atoms with Crippen molar-refractivity contribution in [3.05, 3.63) is 0 Å². The number of fused-ring (bicyclic) bond motifs is 5. The van der Waals surface area contributed by atoms with E-state index in [9.17, 15) is 15.0 Å². The van der Waals surface area contributed by atoms with Crippen LogP contribution in [0, 0.1) is 46.3 Å². The number of carbonyl (C=O) groups excluding carboxylic acids is 1. The summed E-state index contributed by atoms with van der Waals surface area (Å²) in [4.78, 5) is 12.1. The van der Waals surface area contributed by atoms with Crippen molar-refractivity contribution in [2.24, 2.45) is 46.3 Å². The van der Waals surface area contributed by atoms with E-state index in [1.165, 1.54) is 25.7 Å². The van der Waals surface area contributed by atoms with Crippen LogP contribution in [-0.2, 0) is 9.53 Å². The summed E-state index contributed by atoms with van der Waals surface area (Å²) in [6.45, 7) is 10.0. The average molecular weight is 449 g/mol. The topological polar surface area (TPSA) is 66.8 Å². The number of hydrogen-bond donors (Lipinski definition) is 2. The van der Waals surface area contributed by atoms with Gasteiger partial charge in [-0.2, -0.15) is 0 Å². The number of esters is 1. The molecule has 0 aliphatic heterocycles. The Kier molecular flexibility index (Phi) is 7.33. The minimum atomic E-state index is -0.212. The van der Waals surface area contributed by atoms with Crippen LogP contribution in [0.25, 0.3) is 0 Å². The number of hydrogen-bond acceptors (Lipinski definition) is 4. The molecule has 0 heterocycles. The molecule has 4 aliphatic rings. The maximum absolute atomic E-state index is 12.1. The largest absolute Gasteiger partial charge is 0.466 e. The van der Waals surface area contributed by atoms with Gasteiger partial charge in [-0.1, -0.05) is 34.1 Å². The standard InChI is InChI=1S/C28H48O4/c1-5-6-15-32-25(31)10-7-18(2)21-8-9-22-26-23(12-14-28(21,22)4)27(3)13-11-20(29)16-19(27)17-24(26)30/h18-24,26,29-30H,5-17H2,1-4H3/t18-,19?,20+,21-,22+,23+,24+,26+,27+,28-/m1/s1. The highest BCUT2D eigenvalue weighted by atomic mass is 16.5. The Labute approximate surface area is 195 Å². The first kappa shape index (κ1) is 24.5. The lowest BCUT2D eigenvalue weighted by Crippen LogP contribution is -2.58. The van der Waals surface area contributed by atoms with Crippen molar-refractivity contribution in [1.82, 2.24) is 0 Å². The van der Waals surface area contributed by atoms with Crippen LogP contribution < -0.4 is 0 Å². The molecule has 0 bridgehead atoms. The van der Waals surface area contributed by atoms with Crippen molar-refractivity contribution in [2.45, 2.75) is 117 Å². The third-order valence-electron chi connectivity index (χ3n) is 11.0. The minimum Gasteiger partial charge on any atom is -0.466 e. The molecule has 4 aliphatic carbocycles. The van der Waals surface area contributed by atoms with Gasteiger partial charge in [0.2, 0.25) is 0 Å². The number of carbonyl (C=O) groups is 1. The van der Waals surface area contributed by atoms with Crippen LogP contribution >= 0.6 is 0 Å². The Morgan fingerprint density at radius 3 is 2.50 bits per heavy atom. The van der Waals surface area contributed by atoms with Crippen molar-refractivity contribution in [1.29, 1.82) is 0 Å². The second kappa shape index (κ2) is 9.56. The van der Waals surface area contributed by atoms with Gasteiger partial charge in [-0.05, 0) is 111 Å². The molecule has 32 heavy (non-hydrogen) atoms. The molecule has 0 aromatic rings. The molecule has 4 saturated carbocycles. The highest BCUT2D eigenvalue weighted by molar-refractivity contribution is 5.69. The van der Waals surface area contributed by atoms with Crippen molar-refractivity contribution in [2.75, 3.05) is 6.61 Å². The first-order chi connectivity index (χ1) is 15.2. The second-order valence-electron chi connectivity index (χ2n) is 12.5. The number of unbranched alkanes of at least 4 members (excludes halogenated alkanes) is 1. The van der Waals surface area contributed by atoms with E-state index >= 15 is 0 Å². The van der Waals surface area contributed by atoms with Crippen LogP contribution in [0.3, 0.4) is 0 Å². The summed E-state index contributed by atoms with van der Waals surface area (Å²) in [6.07, 6.45) is 11.9. The zero-order chi connectivity index (χ0) is 23.1. The Bertz CT molecular complexity index is 664. The molecular formula is C28H48O4. The molecule has 4 heteroatoms. The van der Waals surface area contributed by atoms with E-state index in [0.29, 0.717) is 48.5 Å². The first-order valence-electron chi connectivity index (χ1n) is 13.7. The quantitative estimate of drug-likeness (QED) is 0.385. The van der Waals surface area contributed by atoms with E-state index < -0.39 is 0 Å². The molecule has 0 amide bonds. The molecular weight excluding hydrogens is 400 g/mol. The van der Waals surface area contributed by atoms with Gasteiger partial charge in [0, 0.05) is 6.42 Å². The Morgan fingerprint density at radius 1 is 1.03 bits per heavy atom. The zero-order valence-electron chi connectivity index (χ0n) is 21.0. The predicted molar refractivity (Wildman–Crippen MR) is 127 cm³/mol. The third kappa shape index (κ3) is 4.28. The first-order valence-corrected chi connectivity index (χ1v) is 13.7. The molecule has 0 aromatic heterocycles. The fourth-order valence-corrected chi connectivity index (χ4v) is 9.12. The van der Waals surface area contributed by atoms with Crippen LogP contribution in [0.5, 0.6) is 0 Å². The van der Waals surface area contributed by atoms with E-state index in [-0.39, 0.29) is 29.0 Å². The lowest BCUT2D eigenvalue weighted by Gasteiger charge is -2.62. The fourth-order valence-electron chi connectivity index (χ4n) is 9.12. The summed E-state index contributed by atoms with van der Waals surface area (Å²) in [5, 5.41) is 21.6. The normalized spacial score (nSPS) is 46.6. The van der Waals surface area contributed by atoms with Crippen LogP contribution in [0.15, 0.2) is 0 Å². The lowest BCUT2D eigenvalue weighted by molar-refractivity contribution is -0.174. The van der Waals surface area contributed by atoms with Crippen molar-refractivity contribution >= 4 is 5.97 Å². The number of aliphatic hydroxyl groups is 2. The number of rotatable bonds is 7. The van der Waals surface area contributed by atoms with Crippen LogP contribution in [-0.4, -0.2) is 35.0 Å². The summed E-state index contributed by atoms with van der Waals surface area (Å²) >= 11 is 0. The second-order valence-corrected chi connectivity index (χ2v) is 12.5. The van der Waals surface area contributed by atoms with Crippen molar-refractivity contribution in [3.8, 4) is 0 Å². The van der Waals surface area contributed by atoms with Crippen LogP contribution in [0.1, 0.15) is 105 Å². The molecule has 10 atom stereocenters. The number of aliphatic hydroxyl groups excluding tert-OH is 2. The van der Waals surface area contributed by atoms with E-state index in [4.69, 9.17) is 4.74 Å². The van der Waals surface area contributed by atoms with E-state index in [0.717, 1.165) is 44.9 Å². The molecule has 0 radical (unpaired) electrons. The van der Waals surface area contributed by atoms with Crippen molar-refractivity contribution in [3.63, 3.8) is 0 Å². The summed E-state index contributed by atoms with van der Waals surface area (Å²) in [7, 11) is 0. The van der Waals surface area contributed by atoms with Gasteiger partial charge in [0.25, 0.3) is 0 Å². The molecule has 4 rings (SSSR count). The molecule has 1 unspecified atom stereocenters. The smallest absolute Gasteiger partial charge is 0.305 e. The van der Waals surface area contributed by atoms with Crippen molar-refractivity contribution < 1.29 is 19.7 Å². The molecule has 0 saturated heterocycles. The van der Waals surface area contributed by atoms with Gasteiger partial charge < -0.3 is 14.9 Å². The minimum absolute atomic E-state index is 0.0325. The molecule has 0 spiro atoms. The van der Waals surface area contributed by atoms with Gasteiger partial charge in [0.1, 0.15) is 0 Å². The average Bonchev–Trinajstić information content (AvgIpc) is 3.11. The molecule has 0 aromatic carbocycles. The maximum Gasteiger partial charge on any atom is 0.305 e. The molecule has 184 valence electrons. The summed E-state index contributed by atoms with van der Waals surface area (Å²) < 4.78 is 5.39. The lowest BCUT2D eigenvalue weighted by atomic mass is 9.43. The Balaban J connectivity index is 1.42. The van der Waals surface area contributed by atoms with Gasteiger partial charge in [0.15, 0.2) is 0 Å². The summed E-state index contributed by atoms with van der Waals surface area (Å²) in [5.74, 6) is 3.23.